The van der Waals surface area contributed by atoms with E-state index in [1.807, 2.05) is 91.0 Å². The van der Waals surface area contributed by atoms with Crippen molar-refractivity contribution in [2.45, 2.75) is 26.7 Å². The summed E-state index contributed by atoms with van der Waals surface area (Å²) >= 11 is 7.78. The first-order chi connectivity index (χ1) is 28.5. The summed E-state index contributed by atoms with van der Waals surface area (Å²) in [6.07, 6.45) is -0.451. The summed E-state index contributed by atoms with van der Waals surface area (Å²) in [5, 5.41) is 1.42. The van der Waals surface area contributed by atoms with Crippen molar-refractivity contribution in [1.82, 2.24) is 0 Å². The van der Waals surface area contributed by atoms with Crippen LogP contribution in [0.2, 0.25) is 5.02 Å². The molecule has 8 aromatic rings. The standard InChI is InChI=1S/C50H40ClNO5S/c1-2-54-50(53)52(42-16-10-5-11-17-42)32-48-49(57-43-28-26-41(51)27-29-43)44-30-45(55-33-35-18-22-39(23-19-35)37-12-6-3-7-13-37)46(31-47(44)58-48)56-34-36-20-24-40(25-21-36)38-14-8-4-9-15-38/h3-31H,2,32-34H2,1H3. The molecule has 0 aliphatic heterocycles. The van der Waals surface area contributed by atoms with Gasteiger partial charge in [0.15, 0.2) is 17.2 Å². The fourth-order valence-electron chi connectivity index (χ4n) is 6.58. The van der Waals surface area contributed by atoms with Crippen LogP contribution in [0.25, 0.3) is 32.3 Å². The van der Waals surface area contributed by atoms with Gasteiger partial charge in [0.25, 0.3) is 0 Å². The summed E-state index contributed by atoms with van der Waals surface area (Å²) in [7, 11) is 0. The summed E-state index contributed by atoms with van der Waals surface area (Å²) in [6.45, 7) is 2.90. The van der Waals surface area contributed by atoms with E-state index >= 15 is 0 Å². The Morgan fingerprint density at radius 2 is 1.10 bits per heavy atom. The van der Waals surface area contributed by atoms with Crippen LogP contribution < -0.4 is 19.1 Å². The van der Waals surface area contributed by atoms with Crippen LogP contribution in [0.3, 0.4) is 0 Å². The Morgan fingerprint density at radius 1 is 0.603 bits per heavy atom. The second kappa shape index (κ2) is 18.2. The zero-order chi connectivity index (χ0) is 39.7. The molecule has 0 spiro atoms. The van der Waals surface area contributed by atoms with Gasteiger partial charge in [0.05, 0.1) is 18.0 Å². The average Bonchev–Trinajstić information content (AvgIpc) is 3.60. The Hall–Kier alpha value is -6.54. The zero-order valence-electron chi connectivity index (χ0n) is 31.8. The van der Waals surface area contributed by atoms with Gasteiger partial charge in [0.2, 0.25) is 0 Å². The fourth-order valence-corrected chi connectivity index (χ4v) is 7.84. The molecule has 1 heterocycles. The van der Waals surface area contributed by atoms with E-state index in [9.17, 15) is 4.79 Å². The van der Waals surface area contributed by atoms with E-state index in [0.29, 0.717) is 46.9 Å². The Balaban J connectivity index is 1.16. The maximum atomic E-state index is 13.4. The number of para-hydroxylation sites is 1. The predicted molar refractivity (Wildman–Crippen MR) is 235 cm³/mol. The molecule has 0 saturated carbocycles. The normalized spacial score (nSPS) is 10.9. The molecule has 0 aliphatic rings. The SMILES string of the molecule is CCOC(=O)N(Cc1sc2cc(OCc3ccc(-c4ccccc4)cc3)c(OCc3ccc(-c4ccccc4)cc3)cc2c1Oc1ccc(Cl)cc1)c1ccccc1. The third-order valence-electron chi connectivity index (χ3n) is 9.58. The van der Waals surface area contributed by atoms with Crippen molar-refractivity contribution in [3.8, 4) is 45.3 Å². The van der Waals surface area contributed by atoms with Crippen molar-refractivity contribution < 1.29 is 23.7 Å². The molecule has 0 fully saturated rings. The average molecular weight is 802 g/mol. The highest BCUT2D eigenvalue weighted by Gasteiger charge is 2.25. The minimum atomic E-state index is -0.451. The van der Waals surface area contributed by atoms with Crippen LogP contribution in [0, 0.1) is 0 Å². The Kier molecular flexibility index (Phi) is 12.0. The number of amides is 1. The van der Waals surface area contributed by atoms with Crippen LogP contribution in [-0.4, -0.2) is 12.7 Å². The summed E-state index contributed by atoms with van der Waals surface area (Å²) in [6, 6.07) is 58.1. The van der Waals surface area contributed by atoms with E-state index in [4.69, 9.17) is 30.5 Å². The van der Waals surface area contributed by atoms with Gasteiger partial charge in [-0.1, -0.05) is 139 Å². The molecule has 0 radical (unpaired) electrons. The molecule has 6 nitrogen and oxygen atoms in total. The van der Waals surface area contributed by atoms with Crippen molar-refractivity contribution in [1.29, 1.82) is 0 Å². The molecule has 0 N–H and O–H groups in total. The Morgan fingerprint density at radius 3 is 1.64 bits per heavy atom. The molecule has 0 unspecified atom stereocenters. The van der Waals surface area contributed by atoms with Gasteiger partial charge in [-0.3, -0.25) is 4.90 Å². The maximum Gasteiger partial charge on any atom is 0.414 e. The number of fused-ring (bicyclic) bond motifs is 1. The van der Waals surface area contributed by atoms with Crippen LogP contribution in [0.4, 0.5) is 10.5 Å². The number of hydrogen-bond donors (Lipinski definition) is 0. The van der Waals surface area contributed by atoms with Gasteiger partial charge < -0.3 is 18.9 Å². The lowest BCUT2D eigenvalue weighted by atomic mass is 10.0. The third kappa shape index (κ3) is 9.18. The summed E-state index contributed by atoms with van der Waals surface area (Å²) in [5.74, 6) is 2.37. The Bertz CT molecular complexity index is 2580. The number of rotatable bonds is 14. The predicted octanol–water partition coefficient (Wildman–Crippen LogP) is 14.0. The molecule has 1 amide bonds. The highest BCUT2D eigenvalue weighted by molar-refractivity contribution is 7.19. The van der Waals surface area contributed by atoms with Crippen molar-refractivity contribution >= 4 is 44.8 Å². The molecule has 0 bridgehead atoms. The molecule has 1 aromatic heterocycles. The highest BCUT2D eigenvalue weighted by atomic mass is 35.5. The van der Waals surface area contributed by atoms with Crippen molar-refractivity contribution in [2.24, 2.45) is 0 Å². The smallest absolute Gasteiger partial charge is 0.414 e. The summed E-state index contributed by atoms with van der Waals surface area (Å²) < 4.78 is 26.3. The quantitative estimate of drug-likeness (QED) is 0.110. The van der Waals surface area contributed by atoms with E-state index in [2.05, 4.69) is 72.8 Å². The van der Waals surface area contributed by atoms with Crippen molar-refractivity contribution in [3.63, 3.8) is 0 Å². The van der Waals surface area contributed by atoms with E-state index in [0.717, 1.165) is 48.3 Å². The number of halogens is 1. The molecule has 8 heteroatoms. The highest BCUT2D eigenvalue weighted by Crippen LogP contribution is 2.46. The molecule has 8 rings (SSSR count). The van der Waals surface area contributed by atoms with Crippen molar-refractivity contribution in [3.05, 3.63) is 197 Å². The molecular weight excluding hydrogens is 762 g/mol. The van der Waals surface area contributed by atoms with Crippen LogP contribution in [0.15, 0.2) is 176 Å². The molecule has 0 aliphatic carbocycles. The second-order valence-corrected chi connectivity index (χ2v) is 15.1. The lowest BCUT2D eigenvalue weighted by Crippen LogP contribution is -2.30. The van der Waals surface area contributed by atoms with Crippen LogP contribution in [0.5, 0.6) is 23.0 Å². The van der Waals surface area contributed by atoms with E-state index in [1.54, 1.807) is 24.0 Å². The van der Waals surface area contributed by atoms with E-state index in [-0.39, 0.29) is 13.2 Å². The van der Waals surface area contributed by atoms with Gasteiger partial charge in [-0.15, -0.1) is 11.3 Å². The Labute approximate surface area is 347 Å². The molecular formula is C50H40ClNO5S. The maximum absolute atomic E-state index is 13.4. The number of hydrogen-bond acceptors (Lipinski definition) is 6. The zero-order valence-corrected chi connectivity index (χ0v) is 33.4. The first-order valence-electron chi connectivity index (χ1n) is 19.1. The number of ether oxygens (including phenoxy) is 4. The number of benzene rings is 7. The first-order valence-corrected chi connectivity index (χ1v) is 20.3. The van der Waals surface area contributed by atoms with Gasteiger partial charge >= 0.3 is 6.09 Å². The molecule has 288 valence electrons. The van der Waals surface area contributed by atoms with Gasteiger partial charge in [-0.2, -0.15) is 0 Å². The minimum absolute atomic E-state index is 0.207. The number of nitrogens with zero attached hydrogens (tertiary/aromatic N) is 1. The van der Waals surface area contributed by atoms with Gasteiger partial charge in [0, 0.05) is 26.9 Å². The fraction of sp³-hybridized carbons (Fsp3) is 0.100. The number of carbonyl (C=O) groups is 1. The van der Waals surface area contributed by atoms with Crippen LogP contribution >= 0.6 is 22.9 Å². The molecule has 7 aromatic carbocycles. The lowest BCUT2D eigenvalue weighted by Gasteiger charge is -2.22. The molecule has 58 heavy (non-hydrogen) atoms. The van der Waals surface area contributed by atoms with Gasteiger partial charge in [0.1, 0.15) is 19.0 Å². The summed E-state index contributed by atoms with van der Waals surface area (Å²) in [5.41, 5.74) is 7.33. The lowest BCUT2D eigenvalue weighted by molar-refractivity contribution is 0.159. The van der Waals surface area contributed by atoms with Gasteiger partial charge in [-0.05, 0) is 82.8 Å². The molecule has 0 atom stereocenters. The second-order valence-electron chi connectivity index (χ2n) is 13.5. The topological polar surface area (TPSA) is 57.2 Å². The van der Waals surface area contributed by atoms with E-state index < -0.39 is 6.09 Å². The number of thiophene rings is 1. The van der Waals surface area contributed by atoms with Crippen LogP contribution in [0.1, 0.15) is 22.9 Å². The first kappa shape index (κ1) is 38.3. The summed E-state index contributed by atoms with van der Waals surface area (Å²) in [4.78, 5) is 15.9. The molecule has 0 saturated heterocycles. The minimum Gasteiger partial charge on any atom is -0.485 e. The number of anilines is 1. The van der Waals surface area contributed by atoms with Gasteiger partial charge in [-0.25, -0.2) is 4.79 Å². The largest absolute Gasteiger partial charge is 0.485 e. The number of carbonyl (C=O) groups excluding carboxylic acids is 1. The third-order valence-corrected chi connectivity index (χ3v) is 10.9. The van der Waals surface area contributed by atoms with Crippen LogP contribution in [-0.2, 0) is 24.5 Å². The van der Waals surface area contributed by atoms with Crippen molar-refractivity contribution in [2.75, 3.05) is 11.5 Å². The van der Waals surface area contributed by atoms with E-state index in [1.165, 1.54) is 11.3 Å². The monoisotopic (exact) mass is 801 g/mol.